The predicted octanol–water partition coefficient (Wildman–Crippen LogP) is 4.08. The smallest absolute Gasteiger partial charge is 0.305 e. The summed E-state index contributed by atoms with van der Waals surface area (Å²) in [5.41, 5.74) is 2.40. The average molecular weight is 502 g/mol. The Morgan fingerprint density at radius 2 is 2.00 bits per heavy atom. The van der Waals surface area contributed by atoms with E-state index in [1.807, 2.05) is 6.07 Å². The van der Waals surface area contributed by atoms with Crippen molar-refractivity contribution in [1.29, 1.82) is 5.26 Å². The summed E-state index contributed by atoms with van der Waals surface area (Å²) >= 11 is 0. The van der Waals surface area contributed by atoms with Gasteiger partial charge in [-0.15, -0.1) is 0 Å². The number of carboxylic acid groups (broad SMARTS) is 1. The molecule has 7 nitrogen and oxygen atoms in total. The van der Waals surface area contributed by atoms with Gasteiger partial charge in [0, 0.05) is 41.6 Å². The molecule has 5 atom stereocenters. The van der Waals surface area contributed by atoms with Gasteiger partial charge in [0.1, 0.15) is 4.75 Å². The zero-order valence-electron chi connectivity index (χ0n) is 19.2. The first kappa shape index (κ1) is 24.9. The van der Waals surface area contributed by atoms with E-state index < -0.39 is 63.3 Å². The number of nitrogens with zero attached hydrogens (tertiary/aromatic N) is 2. The molecular formula is C25H25F2N3O4S. The third kappa shape index (κ3) is 4.23. The summed E-state index contributed by atoms with van der Waals surface area (Å²) in [4.78, 5) is 16.0. The number of aliphatic carboxylic acids is 1. The van der Waals surface area contributed by atoms with E-state index in [1.165, 1.54) is 13.0 Å². The summed E-state index contributed by atoms with van der Waals surface area (Å²) in [6.07, 6.45) is 2.74. The monoisotopic (exact) mass is 501 g/mol. The van der Waals surface area contributed by atoms with Gasteiger partial charge in [-0.2, -0.15) is 5.26 Å². The first-order chi connectivity index (χ1) is 16.4. The van der Waals surface area contributed by atoms with E-state index in [0.717, 1.165) is 5.56 Å². The number of sulfonamides is 1. The van der Waals surface area contributed by atoms with Gasteiger partial charge in [0.2, 0.25) is 10.0 Å². The van der Waals surface area contributed by atoms with Crippen LogP contribution < -0.4 is 4.72 Å². The Balaban J connectivity index is 1.70. The van der Waals surface area contributed by atoms with Crippen LogP contribution in [0.3, 0.4) is 0 Å². The van der Waals surface area contributed by atoms with Crippen molar-refractivity contribution in [3.63, 3.8) is 0 Å². The SMILES string of the molecule is C[C@H]1NS(=O)(=O)[C@]2(CC(=O)O)CC(F)(F)[C@@H](C)[C@H](/C=C/c3ccc(-c4ccccc4C#N)cn3)[C@H]12. The topological polar surface area (TPSA) is 120 Å². The Hall–Kier alpha value is -3.16. The van der Waals surface area contributed by atoms with Gasteiger partial charge < -0.3 is 5.11 Å². The van der Waals surface area contributed by atoms with E-state index in [2.05, 4.69) is 15.8 Å². The van der Waals surface area contributed by atoms with Crippen LogP contribution in [-0.4, -0.2) is 41.2 Å². The minimum atomic E-state index is -4.29. The summed E-state index contributed by atoms with van der Waals surface area (Å²) in [7, 11) is -4.29. The van der Waals surface area contributed by atoms with Crippen LogP contribution in [-0.2, 0) is 14.8 Å². The van der Waals surface area contributed by atoms with Crippen LogP contribution in [0.25, 0.3) is 17.2 Å². The molecule has 0 unspecified atom stereocenters. The minimum absolute atomic E-state index is 0.467. The van der Waals surface area contributed by atoms with Gasteiger partial charge >= 0.3 is 5.97 Å². The van der Waals surface area contributed by atoms with E-state index in [4.69, 9.17) is 0 Å². The standard InChI is InChI=1S/C25H25F2N3O4S/c1-15-20(10-9-19-8-7-18(13-29-19)21-6-4-3-5-17(21)12-28)23-16(2)30-35(33,34)24(23,11-22(31)32)14-25(15,26)27/h3-10,13,15-16,20,23,30H,11,14H2,1-2H3,(H,31,32)/b10-9+/t15-,16+,20-,23-,24+/m0/s1. The molecule has 1 saturated carbocycles. The van der Waals surface area contributed by atoms with Crippen molar-refractivity contribution in [3.05, 3.63) is 59.9 Å². The number of carbonyl (C=O) groups is 1. The molecule has 1 aromatic carbocycles. The Bertz CT molecular complexity index is 1320. The number of aromatic nitrogens is 1. The highest BCUT2D eigenvalue weighted by molar-refractivity contribution is 7.91. The van der Waals surface area contributed by atoms with Gasteiger partial charge in [-0.25, -0.2) is 21.9 Å². The number of allylic oxidation sites excluding steroid dienone is 1. The predicted molar refractivity (Wildman–Crippen MR) is 126 cm³/mol. The van der Waals surface area contributed by atoms with Crippen LogP contribution in [0, 0.1) is 29.1 Å². The lowest BCUT2D eigenvalue weighted by atomic mass is 9.61. The highest BCUT2D eigenvalue weighted by Crippen LogP contribution is 2.58. The molecule has 1 aliphatic heterocycles. The highest BCUT2D eigenvalue weighted by atomic mass is 32.2. The van der Waals surface area contributed by atoms with Crippen molar-refractivity contribution < 1.29 is 27.1 Å². The summed E-state index contributed by atoms with van der Waals surface area (Å²) in [6.45, 7) is 2.95. The van der Waals surface area contributed by atoms with E-state index in [9.17, 15) is 23.6 Å². The lowest BCUT2D eigenvalue weighted by Gasteiger charge is -2.48. The van der Waals surface area contributed by atoms with Gasteiger partial charge in [-0.3, -0.25) is 9.78 Å². The Kier molecular flexibility index (Phi) is 6.28. The summed E-state index contributed by atoms with van der Waals surface area (Å²) < 4.78 is 56.4. The number of hydrogen-bond donors (Lipinski definition) is 2. The maximum absolute atomic E-state index is 15.1. The van der Waals surface area contributed by atoms with Crippen molar-refractivity contribution in [1.82, 2.24) is 9.71 Å². The quantitative estimate of drug-likeness (QED) is 0.637. The lowest BCUT2D eigenvalue weighted by molar-refractivity contribution is -0.145. The van der Waals surface area contributed by atoms with E-state index in [0.29, 0.717) is 16.8 Å². The number of pyridine rings is 1. The summed E-state index contributed by atoms with van der Waals surface area (Å²) in [5, 5.41) is 18.7. The molecule has 2 N–H and O–H groups in total. The number of fused-ring (bicyclic) bond motifs is 1. The fourth-order valence-corrected chi connectivity index (χ4v) is 7.93. The van der Waals surface area contributed by atoms with Gasteiger partial charge in [0.25, 0.3) is 5.92 Å². The van der Waals surface area contributed by atoms with Crippen LogP contribution in [0.5, 0.6) is 0 Å². The molecule has 10 heteroatoms. The van der Waals surface area contributed by atoms with E-state index >= 15 is 8.78 Å². The zero-order valence-corrected chi connectivity index (χ0v) is 20.0. The van der Waals surface area contributed by atoms with E-state index in [-0.39, 0.29) is 0 Å². The van der Waals surface area contributed by atoms with Gasteiger partial charge in [-0.1, -0.05) is 37.3 Å². The number of rotatable bonds is 5. The number of nitrogens with one attached hydrogen (secondary N) is 1. The maximum Gasteiger partial charge on any atom is 0.305 e. The van der Waals surface area contributed by atoms with Crippen molar-refractivity contribution in [3.8, 4) is 17.2 Å². The number of benzene rings is 1. The van der Waals surface area contributed by atoms with Gasteiger partial charge in [-0.05, 0) is 31.1 Å². The fraction of sp³-hybridized carbons (Fsp3) is 0.400. The number of nitriles is 1. The van der Waals surface area contributed by atoms with Crippen LogP contribution in [0.1, 0.15) is 37.9 Å². The second-order valence-corrected chi connectivity index (χ2v) is 11.4. The van der Waals surface area contributed by atoms with Crippen molar-refractivity contribution in [2.45, 2.75) is 43.4 Å². The molecule has 2 aliphatic rings. The lowest BCUT2D eigenvalue weighted by Crippen LogP contribution is -2.58. The molecule has 1 aliphatic carbocycles. The van der Waals surface area contributed by atoms with Crippen LogP contribution >= 0.6 is 0 Å². The second-order valence-electron chi connectivity index (χ2n) is 9.36. The molecule has 1 saturated heterocycles. The molecule has 0 spiro atoms. The van der Waals surface area contributed by atoms with Crippen LogP contribution in [0.2, 0.25) is 0 Å². The largest absolute Gasteiger partial charge is 0.481 e. The Morgan fingerprint density at radius 1 is 1.29 bits per heavy atom. The molecular weight excluding hydrogens is 476 g/mol. The Labute approximate surface area is 202 Å². The number of alkyl halides is 2. The number of carboxylic acids is 1. The van der Waals surface area contributed by atoms with E-state index in [1.54, 1.807) is 49.5 Å². The first-order valence-corrected chi connectivity index (χ1v) is 12.7. The molecule has 0 radical (unpaired) electrons. The molecule has 0 bridgehead atoms. The van der Waals surface area contributed by atoms with Gasteiger partial charge in [0.05, 0.1) is 23.7 Å². The van der Waals surface area contributed by atoms with Crippen LogP contribution in [0.15, 0.2) is 48.7 Å². The average Bonchev–Trinajstić information content (AvgIpc) is 2.97. The first-order valence-electron chi connectivity index (χ1n) is 11.2. The summed E-state index contributed by atoms with van der Waals surface area (Å²) in [5.74, 6) is -7.77. The molecule has 4 rings (SSSR count). The molecule has 2 heterocycles. The minimum Gasteiger partial charge on any atom is -0.481 e. The zero-order chi connectivity index (χ0) is 25.6. The number of halogens is 2. The third-order valence-corrected chi connectivity index (χ3v) is 9.61. The molecule has 2 aromatic rings. The molecule has 1 aromatic heterocycles. The molecule has 35 heavy (non-hydrogen) atoms. The molecule has 184 valence electrons. The molecule has 2 fully saturated rings. The summed E-state index contributed by atoms with van der Waals surface area (Å²) in [6, 6.07) is 11.9. The third-order valence-electron chi connectivity index (χ3n) is 7.30. The fourth-order valence-electron chi connectivity index (χ4n) is 5.64. The van der Waals surface area contributed by atoms with Crippen molar-refractivity contribution in [2.24, 2.45) is 17.8 Å². The van der Waals surface area contributed by atoms with Crippen LogP contribution in [0.4, 0.5) is 8.78 Å². The molecule has 0 amide bonds. The maximum atomic E-state index is 15.1. The van der Waals surface area contributed by atoms with Crippen molar-refractivity contribution >= 4 is 22.1 Å². The normalized spacial score (nSPS) is 31.1. The number of hydrogen-bond acceptors (Lipinski definition) is 5. The second kappa shape index (κ2) is 8.81. The highest BCUT2D eigenvalue weighted by Gasteiger charge is 2.69. The van der Waals surface area contributed by atoms with Gasteiger partial charge in [0.15, 0.2) is 0 Å². The Morgan fingerprint density at radius 3 is 2.63 bits per heavy atom. The van der Waals surface area contributed by atoms with Crippen molar-refractivity contribution in [2.75, 3.05) is 0 Å².